The van der Waals surface area contributed by atoms with E-state index < -0.39 is 0 Å². The van der Waals surface area contributed by atoms with E-state index in [2.05, 4.69) is 75.5 Å². The molecule has 244 valence electrons. The van der Waals surface area contributed by atoms with E-state index in [4.69, 9.17) is 11.6 Å². The second-order valence-corrected chi connectivity index (χ2v) is 18.0. The largest absolute Gasteiger partial charge is 0.358 e. The van der Waals surface area contributed by atoms with E-state index in [1.54, 1.807) is 6.20 Å². The molecule has 0 saturated heterocycles. The third-order valence-corrected chi connectivity index (χ3v) is 15.9. The van der Waals surface area contributed by atoms with Gasteiger partial charge in [0.25, 0.3) is 0 Å². The lowest BCUT2D eigenvalue weighted by Crippen LogP contribution is -2.67. The number of aromatic amines is 1. The van der Waals surface area contributed by atoms with Crippen molar-refractivity contribution < 1.29 is 4.79 Å². The summed E-state index contributed by atoms with van der Waals surface area (Å²) in [7, 11) is 0. The predicted octanol–water partition coefficient (Wildman–Crippen LogP) is 10.5. The number of rotatable bonds is 3. The topological polar surface area (TPSA) is 57.8 Å². The molecule has 8 rings (SSSR count). The van der Waals surface area contributed by atoms with E-state index in [-0.39, 0.29) is 33.0 Å². The maximum Gasteiger partial charge on any atom is 0.232 e. The molecule has 4 nitrogen and oxygen atoms in total. The lowest BCUT2D eigenvalue weighted by atomic mass is 9.32. The van der Waals surface area contributed by atoms with Gasteiger partial charge in [-0.15, -0.1) is 0 Å². The molecule has 1 aromatic carbocycles. The Morgan fingerprint density at radius 2 is 1.76 bits per heavy atom. The number of pyridine rings is 1. The standard InChI is InChI=1S/C41H52ClN3O/c1-24(2)26-15-18-41(36(46)45-33-10-8-9-21-43-33)20-19-39(6)29(34(26)41)12-14-32-38(5)23-28-27-22-25(42)11-13-30(27)44-35(28)37(3,4)31(38)16-17-40(32,39)7/h8-11,13,21-22,26,29,31-32,34,44H,1,12,14-20,23H2,2-7H3,(H,43,45,46)/t26?,29?,31?,32?,34?,38-,39+,40+,41-/m0/s1. The van der Waals surface area contributed by atoms with Crippen LogP contribution in [0.4, 0.5) is 5.82 Å². The first kappa shape index (κ1) is 30.7. The highest BCUT2D eigenvalue weighted by atomic mass is 35.5. The zero-order valence-electron chi connectivity index (χ0n) is 28.7. The maximum atomic E-state index is 14.4. The molecule has 5 heteroatoms. The zero-order valence-corrected chi connectivity index (χ0v) is 29.5. The molecular weight excluding hydrogens is 586 g/mol. The van der Waals surface area contributed by atoms with Gasteiger partial charge in [-0.25, -0.2) is 4.98 Å². The molecule has 3 aromatic rings. The van der Waals surface area contributed by atoms with Crippen LogP contribution >= 0.6 is 11.6 Å². The van der Waals surface area contributed by atoms with Crippen LogP contribution in [0.3, 0.4) is 0 Å². The number of carbonyl (C=O) groups is 1. The van der Waals surface area contributed by atoms with Crippen molar-refractivity contribution in [1.29, 1.82) is 0 Å². The number of hydrogen-bond acceptors (Lipinski definition) is 2. The molecule has 9 atom stereocenters. The summed E-state index contributed by atoms with van der Waals surface area (Å²) in [4.78, 5) is 22.8. The van der Waals surface area contributed by atoms with Crippen molar-refractivity contribution in [3.05, 3.63) is 71.0 Å². The summed E-state index contributed by atoms with van der Waals surface area (Å²) in [6.07, 6.45) is 12.0. The van der Waals surface area contributed by atoms with Crippen LogP contribution in [0, 0.1) is 51.2 Å². The number of anilines is 1. The SMILES string of the molecule is C=C(C)C1CC[C@]2(C(=O)Nc3ccccn3)CC[C@]3(C)C(CCC4[C@@]5(C)Cc6c([nH]c7ccc(Cl)cc67)C(C)(C)C5CC[C@]43C)C12. The third-order valence-electron chi connectivity index (χ3n) is 15.6. The first-order chi connectivity index (χ1) is 21.8. The molecule has 0 spiro atoms. The van der Waals surface area contributed by atoms with Crippen LogP contribution in [0.25, 0.3) is 10.9 Å². The average Bonchev–Trinajstić information content (AvgIpc) is 3.58. The summed E-state index contributed by atoms with van der Waals surface area (Å²) < 4.78 is 0. The summed E-state index contributed by atoms with van der Waals surface area (Å²) in [5.74, 6) is 3.38. The molecule has 2 N–H and O–H groups in total. The number of allylic oxidation sites excluding steroid dienone is 1. The van der Waals surface area contributed by atoms with Crippen LogP contribution in [0.5, 0.6) is 0 Å². The maximum absolute atomic E-state index is 14.4. The Hall–Kier alpha value is -2.59. The van der Waals surface area contributed by atoms with E-state index in [0.29, 0.717) is 35.4 Å². The van der Waals surface area contributed by atoms with E-state index >= 15 is 0 Å². The fourth-order valence-corrected chi connectivity index (χ4v) is 13.7. The second kappa shape index (κ2) is 9.97. The van der Waals surface area contributed by atoms with Crippen LogP contribution in [0.1, 0.15) is 104 Å². The number of aromatic nitrogens is 2. The summed E-state index contributed by atoms with van der Waals surface area (Å²) in [5, 5.41) is 5.43. The smallest absolute Gasteiger partial charge is 0.232 e. The van der Waals surface area contributed by atoms with E-state index in [1.807, 2.05) is 24.3 Å². The summed E-state index contributed by atoms with van der Waals surface area (Å²) in [5.41, 5.74) is 5.74. The third kappa shape index (κ3) is 3.86. The van der Waals surface area contributed by atoms with Crippen molar-refractivity contribution in [3.8, 4) is 0 Å². The van der Waals surface area contributed by atoms with Crippen molar-refractivity contribution in [3.63, 3.8) is 0 Å². The van der Waals surface area contributed by atoms with Crippen LogP contribution in [-0.4, -0.2) is 15.9 Å². The lowest BCUT2D eigenvalue weighted by molar-refractivity contribution is -0.224. The normalized spacial score (nSPS) is 40.6. The first-order valence-electron chi connectivity index (χ1n) is 17.9. The zero-order chi connectivity index (χ0) is 32.4. The molecule has 1 amide bonds. The lowest BCUT2D eigenvalue weighted by Gasteiger charge is -2.72. The highest BCUT2D eigenvalue weighted by Crippen LogP contribution is 2.77. The summed E-state index contributed by atoms with van der Waals surface area (Å²) in [6, 6.07) is 12.2. The Balaban J connectivity index is 1.19. The van der Waals surface area contributed by atoms with Crippen LogP contribution in [0.2, 0.25) is 5.02 Å². The number of amides is 1. The van der Waals surface area contributed by atoms with Gasteiger partial charge in [-0.3, -0.25) is 4.79 Å². The average molecular weight is 638 g/mol. The van der Waals surface area contributed by atoms with Gasteiger partial charge in [-0.05, 0) is 146 Å². The van der Waals surface area contributed by atoms with E-state index in [1.165, 1.54) is 53.4 Å². The second-order valence-electron chi connectivity index (χ2n) is 17.6. The Morgan fingerprint density at radius 3 is 2.50 bits per heavy atom. The van der Waals surface area contributed by atoms with Gasteiger partial charge in [0.1, 0.15) is 5.82 Å². The number of halogens is 1. The number of carbonyl (C=O) groups excluding carboxylic acids is 1. The van der Waals surface area contributed by atoms with Crippen molar-refractivity contribution in [2.75, 3.05) is 5.32 Å². The quantitative estimate of drug-likeness (QED) is 0.281. The van der Waals surface area contributed by atoms with Crippen molar-refractivity contribution in [2.45, 2.75) is 105 Å². The minimum atomic E-state index is -0.347. The van der Waals surface area contributed by atoms with Gasteiger partial charge in [0.2, 0.25) is 5.91 Å². The Kier molecular flexibility index (Phi) is 6.66. The van der Waals surface area contributed by atoms with Crippen molar-refractivity contribution in [1.82, 2.24) is 9.97 Å². The number of benzene rings is 1. The van der Waals surface area contributed by atoms with Gasteiger partial charge in [0.15, 0.2) is 0 Å². The highest BCUT2D eigenvalue weighted by molar-refractivity contribution is 6.31. The molecule has 0 aliphatic heterocycles. The molecule has 2 aromatic heterocycles. The Morgan fingerprint density at radius 1 is 0.957 bits per heavy atom. The molecule has 5 aliphatic carbocycles. The van der Waals surface area contributed by atoms with Gasteiger partial charge in [-0.1, -0.05) is 64.4 Å². The molecule has 0 bridgehead atoms. The van der Waals surface area contributed by atoms with Gasteiger partial charge in [0.05, 0.1) is 5.41 Å². The summed E-state index contributed by atoms with van der Waals surface area (Å²) >= 11 is 6.59. The predicted molar refractivity (Wildman–Crippen MR) is 189 cm³/mol. The fourth-order valence-electron chi connectivity index (χ4n) is 13.5. The first-order valence-corrected chi connectivity index (χ1v) is 18.3. The van der Waals surface area contributed by atoms with E-state index in [9.17, 15) is 4.79 Å². The highest BCUT2D eigenvalue weighted by Gasteiger charge is 2.72. The molecule has 5 aliphatic rings. The molecular formula is C41H52ClN3O. The van der Waals surface area contributed by atoms with Gasteiger partial charge in [-0.2, -0.15) is 0 Å². The minimum Gasteiger partial charge on any atom is -0.358 e. The number of nitrogens with one attached hydrogen (secondary N) is 2. The molecule has 2 heterocycles. The number of fused-ring (bicyclic) bond motifs is 10. The Bertz CT molecular complexity index is 1740. The minimum absolute atomic E-state index is 0.0642. The number of nitrogens with zero attached hydrogens (tertiary/aromatic N) is 1. The van der Waals surface area contributed by atoms with E-state index in [0.717, 1.165) is 37.1 Å². The van der Waals surface area contributed by atoms with Crippen LogP contribution < -0.4 is 5.32 Å². The van der Waals surface area contributed by atoms with Crippen molar-refractivity contribution >= 4 is 34.2 Å². The summed E-state index contributed by atoms with van der Waals surface area (Å²) in [6.45, 7) is 19.8. The molecule has 5 unspecified atom stereocenters. The molecule has 0 radical (unpaired) electrons. The molecule has 46 heavy (non-hydrogen) atoms. The number of hydrogen-bond donors (Lipinski definition) is 2. The molecule has 4 saturated carbocycles. The van der Waals surface area contributed by atoms with Gasteiger partial charge >= 0.3 is 0 Å². The number of H-pyrrole nitrogens is 1. The fraction of sp³-hybridized carbons (Fsp3) is 0.610. The Labute approximate surface area is 280 Å². The molecule has 4 fully saturated rings. The van der Waals surface area contributed by atoms with Crippen LogP contribution in [0.15, 0.2) is 54.7 Å². The van der Waals surface area contributed by atoms with Crippen LogP contribution in [-0.2, 0) is 16.6 Å². The van der Waals surface area contributed by atoms with Crippen molar-refractivity contribution in [2.24, 2.45) is 51.2 Å². The monoisotopic (exact) mass is 637 g/mol. The van der Waals surface area contributed by atoms with Gasteiger partial charge in [0, 0.05) is 33.2 Å². The van der Waals surface area contributed by atoms with Gasteiger partial charge < -0.3 is 10.3 Å².